The van der Waals surface area contributed by atoms with Gasteiger partial charge >= 0.3 is 0 Å². The summed E-state index contributed by atoms with van der Waals surface area (Å²) < 4.78 is 0. The largest absolute Gasteiger partial charge is 0.0649 e. The molecule has 124 valence electrons. The molecule has 2 aromatic rings. The Kier molecular flexibility index (Phi) is 4.31. The van der Waals surface area contributed by atoms with Gasteiger partial charge in [-0.2, -0.15) is 0 Å². The SMILES string of the molecule is Cc1ccc(-c2cc(C)cc3c2C=C(CC2CCCCC2)C3)cc1. The third-order valence-electron chi connectivity index (χ3n) is 5.81. The number of aryl methyl sites for hydroxylation is 2. The molecule has 0 nitrogen and oxygen atoms in total. The minimum atomic E-state index is 0.934. The van der Waals surface area contributed by atoms with Gasteiger partial charge in [0.2, 0.25) is 0 Å². The molecular weight excluding hydrogens is 288 g/mol. The lowest BCUT2D eigenvalue weighted by molar-refractivity contribution is 0.355. The highest BCUT2D eigenvalue weighted by atomic mass is 14.3. The van der Waals surface area contributed by atoms with E-state index in [2.05, 4.69) is 56.3 Å². The zero-order chi connectivity index (χ0) is 16.5. The lowest BCUT2D eigenvalue weighted by atomic mass is 9.84. The van der Waals surface area contributed by atoms with Crippen molar-refractivity contribution in [1.82, 2.24) is 0 Å². The third-order valence-corrected chi connectivity index (χ3v) is 5.81. The van der Waals surface area contributed by atoms with Crippen LogP contribution in [0.25, 0.3) is 17.2 Å². The van der Waals surface area contributed by atoms with Crippen molar-refractivity contribution in [2.24, 2.45) is 5.92 Å². The molecule has 24 heavy (non-hydrogen) atoms. The van der Waals surface area contributed by atoms with Crippen molar-refractivity contribution in [2.45, 2.75) is 58.8 Å². The molecule has 4 rings (SSSR count). The number of rotatable bonds is 3. The van der Waals surface area contributed by atoms with E-state index in [9.17, 15) is 0 Å². The molecule has 0 heterocycles. The second kappa shape index (κ2) is 6.59. The Morgan fingerprint density at radius 1 is 0.875 bits per heavy atom. The highest BCUT2D eigenvalue weighted by Crippen LogP contribution is 2.39. The quantitative estimate of drug-likeness (QED) is 0.579. The Morgan fingerprint density at radius 2 is 1.62 bits per heavy atom. The van der Waals surface area contributed by atoms with Crippen molar-refractivity contribution in [3.05, 3.63) is 64.2 Å². The molecule has 0 amide bonds. The summed E-state index contributed by atoms with van der Waals surface area (Å²) in [6.45, 7) is 4.39. The first-order chi connectivity index (χ1) is 11.7. The molecule has 1 fully saturated rings. The Morgan fingerprint density at radius 3 is 2.38 bits per heavy atom. The number of fused-ring (bicyclic) bond motifs is 1. The van der Waals surface area contributed by atoms with Crippen LogP contribution < -0.4 is 0 Å². The van der Waals surface area contributed by atoms with Gasteiger partial charge in [0.1, 0.15) is 0 Å². The molecule has 0 aliphatic heterocycles. The van der Waals surface area contributed by atoms with E-state index in [0.29, 0.717) is 0 Å². The summed E-state index contributed by atoms with van der Waals surface area (Å²) in [5, 5.41) is 0. The van der Waals surface area contributed by atoms with E-state index in [4.69, 9.17) is 0 Å². The number of hydrogen-bond acceptors (Lipinski definition) is 0. The normalized spacial score (nSPS) is 17.7. The molecule has 2 aliphatic rings. The predicted molar refractivity (Wildman–Crippen MR) is 104 cm³/mol. The van der Waals surface area contributed by atoms with Crippen LogP contribution in [0, 0.1) is 19.8 Å². The predicted octanol–water partition coefficient (Wildman–Crippen LogP) is 6.88. The van der Waals surface area contributed by atoms with Crippen LogP contribution >= 0.6 is 0 Å². The van der Waals surface area contributed by atoms with Crippen LogP contribution in [0.2, 0.25) is 0 Å². The van der Waals surface area contributed by atoms with E-state index in [1.807, 2.05) is 0 Å². The average molecular weight is 316 g/mol. The molecule has 0 heteroatoms. The number of hydrogen-bond donors (Lipinski definition) is 0. The minimum absolute atomic E-state index is 0.934. The van der Waals surface area contributed by atoms with E-state index in [0.717, 1.165) is 5.92 Å². The maximum atomic E-state index is 2.51. The lowest BCUT2D eigenvalue weighted by Gasteiger charge is -2.21. The molecule has 0 unspecified atom stereocenters. The number of allylic oxidation sites excluding steroid dienone is 1. The van der Waals surface area contributed by atoms with E-state index < -0.39 is 0 Å². The summed E-state index contributed by atoms with van der Waals surface area (Å²) in [6, 6.07) is 13.8. The summed E-state index contributed by atoms with van der Waals surface area (Å²) in [4.78, 5) is 0. The Labute approximate surface area is 146 Å². The van der Waals surface area contributed by atoms with Crippen molar-refractivity contribution in [3.8, 4) is 11.1 Å². The fourth-order valence-corrected chi connectivity index (χ4v) is 4.55. The van der Waals surface area contributed by atoms with Crippen molar-refractivity contribution in [1.29, 1.82) is 0 Å². The van der Waals surface area contributed by atoms with Crippen LogP contribution in [0.4, 0.5) is 0 Å². The molecular formula is C24H28. The van der Waals surface area contributed by atoms with Crippen molar-refractivity contribution >= 4 is 6.08 Å². The first-order valence-electron chi connectivity index (χ1n) is 9.59. The zero-order valence-electron chi connectivity index (χ0n) is 15.1. The second-order valence-electron chi connectivity index (χ2n) is 7.94. The summed E-state index contributed by atoms with van der Waals surface area (Å²) in [7, 11) is 0. The van der Waals surface area contributed by atoms with E-state index in [-0.39, 0.29) is 0 Å². The van der Waals surface area contributed by atoms with Crippen molar-refractivity contribution in [3.63, 3.8) is 0 Å². The molecule has 0 atom stereocenters. The fourth-order valence-electron chi connectivity index (χ4n) is 4.55. The van der Waals surface area contributed by atoms with Gasteiger partial charge < -0.3 is 0 Å². The fraction of sp³-hybridized carbons (Fsp3) is 0.417. The molecule has 0 N–H and O–H groups in total. The van der Waals surface area contributed by atoms with Crippen LogP contribution in [-0.2, 0) is 6.42 Å². The Hall–Kier alpha value is -1.82. The zero-order valence-corrected chi connectivity index (χ0v) is 15.1. The summed E-state index contributed by atoms with van der Waals surface area (Å²) in [5.41, 5.74) is 10.2. The first-order valence-corrected chi connectivity index (χ1v) is 9.59. The minimum Gasteiger partial charge on any atom is -0.0649 e. The topological polar surface area (TPSA) is 0 Å². The summed E-state index contributed by atoms with van der Waals surface area (Å²) in [6.07, 6.45) is 12.2. The van der Waals surface area contributed by atoms with Crippen LogP contribution in [0.1, 0.15) is 60.8 Å². The highest BCUT2D eigenvalue weighted by Gasteiger charge is 2.21. The second-order valence-corrected chi connectivity index (χ2v) is 7.94. The van der Waals surface area contributed by atoms with E-state index >= 15 is 0 Å². The van der Waals surface area contributed by atoms with Gasteiger partial charge in [0.25, 0.3) is 0 Å². The van der Waals surface area contributed by atoms with Gasteiger partial charge in [0, 0.05) is 0 Å². The third kappa shape index (κ3) is 3.20. The van der Waals surface area contributed by atoms with Crippen LogP contribution in [0.3, 0.4) is 0 Å². The molecule has 0 saturated heterocycles. The molecule has 0 aromatic heterocycles. The maximum Gasteiger partial charge on any atom is -0.00574 e. The monoisotopic (exact) mass is 316 g/mol. The standard InChI is InChI=1S/C24H28/c1-17-8-10-21(11-9-17)23-13-18(2)12-22-15-20(16-24(22)23)14-19-6-4-3-5-7-19/h8-13,16,19H,3-7,14-15H2,1-2H3. The Balaban J connectivity index is 1.65. The van der Waals surface area contributed by atoms with Gasteiger partial charge in [0.05, 0.1) is 0 Å². The number of benzene rings is 2. The highest BCUT2D eigenvalue weighted by molar-refractivity contribution is 5.81. The van der Waals surface area contributed by atoms with Gasteiger partial charge in [0.15, 0.2) is 0 Å². The smallest absolute Gasteiger partial charge is 0.00574 e. The average Bonchev–Trinajstić information content (AvgIpc) is 2.98. The maximum absolute atomic E-state index is 2.51. The van der Waals surface area contributed by atoms with Crippen LogP contribution in [0.15, 0.2) is 42.0 Å². The van der Waals surface area contributed by atoms with Gasteiger partial charge in [-0.3, -0.25) is 0 Å². The van der Waals surface area contributed by atoms with E-state index in [1.165, 1.54) is 78.3 Å². The molecule has 2 aliphatic carbocycles. The molecule has 0 spiro atoms. The van der Waals surface area contributed by atoms with Crippen LogP contribution in [0.5, 0.6) is 0 Å². The van der Waals surface area contributed by atoms with Gasteiger partial charge in [-0.1, -0.05) is 91.3 Å². The molecule has 2 aromatic carbocycles. The van der Waals surface area contributed by atoms with Crippen LogP contribution in [-0.4, -0.2) is 0 Å². The summed E-state index contributed by atoms with van der Waals surface area (Å²) >= 11 is 0. The van der Waals surface area contributed by atoms with E-state index in [1.54, 1.807) is 5.57 Å². The molecule has 1 saturated carbocycles. The molecule has 0 radical (unpaired) electrons. The van der Waals surface area contributed by atoms with Gasteiger partial charge in [-0.05, 0) is 54.9 Å². The first kappa shape index (κ1) is 15.7. The Bertz CT molecular complexity index is 755. The van der Waals surface area contributed by atoms with Crippen molar-refractivity contribution < 1.29 is 0 Å². The molecule has 0 bridgehead atoms. The van der Waals surface area contributed by atoms with Gasteiger partial charge in [-0.15, -0.1) is 0 Å². The summed E-state index contributed by atoms with van der Waals surface area (Å²) in [5.74, 6) is 0.934. The lowest BCUT2D eigenvalue weighted by Crippen LogP contribution is -2.07. The van der Waals surface area contributed by atoms with Crippen molar-refractivity contribution in [2.75, 3.05) is 0 Å². The van der Waals surface area contributed by atoms with Gasteiger partial charge in [-0.25, -0.2) is 0 Å².